The predicted molar refractivity (Wildman–Crippen MR) is 112 cm³/mol. The average Bonchev–Trinajstić information content (AvgIpc) is 2.67. The minimum atomic E-state index is -0.435. The fourth-order valence-corrected chi connectivity index (χ4v) is 2.64. The highest BCUT2D eigenvalue weighted by Gasteiger charge is 2.18. The Morgan fingerprint density at radius 3 is 2.54 bits per heavy atom. The van der Waals surface area contributed by atoms with Crippen LogP contribution < -0.4 is 4.74 Å². The van der Waals surface area contributed by atoms with Crippen molar-refractivity contribution in [1.82, 2.24) is 4.98 Å². The number of carbonyl (C=O) groups is 1. The van der Waals surface area contributed by atoms with Crippen molar-refractivity contribution in [3.05, 3.63) is 58.7 Å². The van der Waals surface area contributed by atoms with Crippen LogP contribution in [-0.4, -0.2) is 17.9 Å². The molecule has 0 spiro atoms. The molecule has 0 bridgehead atoms. The van der Waals surface area contributed by atoms with Gasteiger partial charge in [0, 0.05) is 16.8 Å². The number of aromatic nitrogens is 1. The molecular formula is C24H30FNO2. The average molecular weight is 384 g/mol. The Labute approximate surface area is 168 Å². The Kier molecular flexibility index (Phi) is 9.38. The second kappa shape index (κ2) is 11.2. The van der Waals surface area contributed by atoms with Crippen molar-refractivity contribution in [3.63, 3.8) is 0 Å². The molecule has 0 radical (unpaired) electrons. The van der Waals surface area contributed by atoms with Crippen LogP contribution >= 0.6 is 0 Å². The van der Waals surface area contributed by atoms with Gasteiger partial charge in [-0.2, -0.15) is 0 Å². The van der Waals surface area contributed by atoms with Gasteiger partial charge in [-0.15, -0.1) is 0 Å². The van der Waals surface area contributed by atoms with Gasteiger partial charge < -0.3 is 4.74 Å². The Bertz CT molecular complexity index is 847. The number of nitrogens with zero attached hydrogens (tertiary/aromatic N) is 1. The van der Waals surface area contributed by atoms with E-state index < -0.39 is 5.82 Å². The lowest BCUT2D eigenvalue weighted by molar-refractivity contribution is 0.112. The number of ether oxygens (including phenoxy) is 1. The topological polar surface area (TPSA) is 39.2 Å². The molecular weight excluding hydrogens is 353 g/mol. The summed E-state index contributed by atoms with van der Waals surface area (Å²) in [6.07, 6.45) is 2.81. The second-order valence-electron chi connectivity index (χ2n) is 7.10. The number of pyridine rings is 1. The summed E-state index contributed by atoms with van der Waals surface area (Å²) in [4.78, 5) is 15.5. The summed E-state index contributed by atoms with van der Waals surface area (Å²) in [7, 11) is 0. The lowest BCUT2D eigenvalue weighted by Crippen LogP contribution is -2.21. The van der Waals surface area contributed by atoms with Crippen LogP contribution in [0.25, 0.3) is 0 Å². The van der Waals surface area contributed by atoms with Gasteiger partial charge in [-0.05, 0) is 55.0 Å². The van der Waals surface area contributed by atoms with Crippen molar-refractivity contribution in [3.8, 4) is 17.6 Å². The lowest BCUT2D eigenvalue weighted by atomic mass is 9.89. The van der Waals surface area contributed by atoms with E-state index in [4.69, 9.17) is 4.74 Å². The molecule has 2 aromatic rings. The van der Waals surface area contributed by atoms with E-state index in [1.165, 1.54) is 18.2 Å². The van der Waals surface area contributed by atoms with Gasteiger partial charge in [-0.25, -0.2) is 9.37 Å². The van der Waals surface area contributed by atoms with Crippen LogP contribution in [0.4, 0.5) is 4.39 Å². The summed E-state index contributed by atoms with van der Waals surface area (Å²) in [5, 5.41) is 0. The summed E-state index contributed by atoms with van der Waals surface area (Å²) in [6.45, 7) is 12.9. The molecule has 0 atom stereocenters. The molecule has 3 nitrogen and oxygen atoms in total. The first-order valence-electron chi connectivity index (χ1n) is 9.72. The van der Waals surface area contributed by atoms with E-state index >= 15 is 0 Å². The first-order chi connectivity index (χ1) is 13.3. The van der Waals surface area contributed by atoms with Crippen molar-refractivity contribution in [1.29, 1.82) is 0 Å². The number of carbonyl (C=O) groups excluding carboxylic acids is 1. The number of benzene rings is 1. The predicted octanol–water partition coefficient (Wildman–Crippen LogP) is 5.97. The van der Waals surface area contributed by atoms with Gasteiger partial charge in [0.1, 0.15) is 5.82 Å². The van der Waals surface area contributed by atoms with E-state index in [1.54, 1.807) is 0 Å². The molecule has 0 saturated heterocycles. The standard InChI is InChI=1S/C22H24FNO2.C2H6/c1-5-12-22(3,4)15-26-21-11-6-16(2)24-20(21)10-8-17-13-19(23)9-7-18(17)14-25;1-2/h6-7,9,11,13-14H,5,12,15H2,1-4H3;1-2H3. The second-order valence-corrected chi connectivity index (χ2v) is 7.10. The van der Waals surface area contributed by atoms with Crippen molar-refractivity contribution in [2.75, 3.05) is 6.61 Å². The quantitative estimate of drug-likeness (QED) is 0.455. The van der Waals surface area contributed by atoms with Gasteiger partial charge in [0.2, 0.25) is 0 Å². The molecule has 0 amide bonds. The number of aryl methyl sites for hydroxylation is 1. The summed E-state index contributed by atoms with van der Waals surface area (Å²) in [5.41, 5.74) is 2.03. The largest absolute Gasteiger partial charge is 0.490 e. The Hall–Kier alpha value is -2.67. The Morgan fingerprint density at radius 2 is 1.89 bits per heavy atom. The molecule has 1 aromatic carbocycles. The van der Waals surface area contributed by atoms with E-state index in [2.05, 4.69) is 37.6 Å². The first-order valence-corrected chi connectivity index (χ1v) is 9.72. The molecule has 0 fully saturated rings. The number of aldehydes is 1. The van der Waals surface area contributed by atoms with Crippen LogP contribution in [0.5, 0.6) is 5.75 Å². The zero-order valence-corrected chi connectivity index (χ0v) is 17.7. The number of halogens is 1. The zero-order chi connectivity index (χ0) is 21.2. The minimum Gasteiger partial charge on any atom is -0.490 e. The highest BCUT2D eigenvalue weighted by molar-refractivity contribution is 5.79. The molecule has 0 saturated carbocycles. The third-order valence-electron chi connectivity index (χ3n) is 4.00. The highest BCUT2D eigenvalue weighted by atomic mass is 19.1. The molecule has 1 aromatic heterocycles. The summed E-state index contributed by atoms with van der Waals surface area (Å²) in [6, 6.07) is 7.62. The fourth-order valence-electron chi connectivity index (χ4n) is 2.64. The van der Waals surface area contributed by atoms with E-state index in [1.807, 2.05) is 32.9 Å². The maximum Gasteiger partial charge on any atom is 0.155 e. The molecule has 0 aliphatic carbocycles. The third kappa shape index (κ3) is 7.15. The SMILES string of the molecule is CC.CCCC(C)(C)COc1ccc(C)nc1C#Cc1cc(F)ccc1C=O. The molecule has 0 aliphatic rings. The summed E-state index contributed by atoms with van der Waals surface area (Å²) in [5.74, 6) is 5.93. The molecule has 28 heavy (non-hydrogen) atoms. The maximum atomic E-state index is 13.5. The van der Waals surface area contributed by atoms with Crippen LogP contribution in [0.3, 0.4) is 0 Å². The smallest absolute Gasteiger partial charge is 0.155 e. The molecule has 0 N–H and O–H groups in total. The summed E-state index contributed by atoms with van der Waals surface area (Å²) >= 11 is 0. The Morgan fingerprint density at radius 1 is 1.18 bits per heavy atom. The van der Waals surface area contributed by atoms with Crippen LogP contribution in [0.15, 0.2) is 30.3 Å². The molecule has 4 heteroatoms. The highest BCUT2D eigenvalue weighted by Crippen LogP contribution is 2.25. The van der Waals surface area contributed by atoms with E-state index in [9.17, 15) is 9.18 Å². The Balaban J connectivity index is 0.00000190. The van der Waals surface area contributed by atoms with Crippen LogP contribution in [-0.2, 0) is 0 Å². The van der Waals surface area contributed by atoms with Gasteiger partial charge in [0.25, 0.3) is 0 Å². The maximum absolute atomic E-state index is 13.5. The zero-order valence-electron chi connectivity index (χ0n) is 17.7. The van der Waals surface area contributed by atoms with E-state index in [0.29, 0.717) is 35.5 Å². The number of rotatable bonds is 6. The number of hydrogen-bond donors (Lipinski definition) is 0. The molecule has 0 unspecified atom stereocenters. The van der Waals surface area contributed by atoms with E-state index in [-0.39, 0.29) is 5.41 Å². The van der Waals surface area contributed by atoms with Crippen molar-refractivity contribution >= 4 is 6.29 Å². The van der Waals surface area contributed by atoms with Gasteiger partial charge in [0.05, 0.1) is 6.61 Å². The van der Waals surface area contributed by atoms with Crippen LogP contribution in [0.2, 0.25) is 0 Å². The fraction of sp³-hybridized carbons (Fsp3) is 0.417. The van der Waals surface area contributed by atoms with Gasteiger partial charge in [0.15, 0.2) is 17.7 Å². The van der Waals surface area contributed by atoms with Crippen molar-refractivity contribution in [2.45, 2.75) is 54.4 Å². The van der Waals surface area contributed by atoms with E-state index in [0.717, 1.165) is 18.5 Å². The summed E-state index contributed by atoms with van der Waals surface area (Å²) < 4.78 is 19.4. The third-order valence-corrected chi connectivity index (χ3v) is 4.00. The van der Waals surface area contributed by atoms with Crippen LogP contribution in [0.1, 0.15) is 74.8 Å². The minimum absolute atomic E-state index is 0.0532. The molecule has 1 heterocycles. The van der Waals surface area contributed by atoms with Crippen molar-refractivity contribution in [2.24, 2.45) is 5.41 Å². The van der Waals surface area contributed by atoms with Gasteiger partial charge >= 0.3 is 0 Å². The number of hydrogen-bond acceptors (Lipinski definition) is 3. The normalized spacial score (nSPS) is 10.2. The molecule has 0 aliphatic heterocycles. The first kappa shape index (κ1) is 23.4. The van der Waals surface area contributed by atoms with Crippen LogP contribution in [0, 0.1) is 30.0 Å². The lowest BCUT2D eigenvalue weighted by Gasteiger charge is -2.24. The monoisotopic (exact) mass is 383 g/mol. The van der Waals surface area contributed by atoms with Crippen molar-refractivity contribution < 1.29 is 13.9 Å². The van der Waals surface area contributed by atoms with Gasteiger partial charge in [-0.3, -0.25) is 4.79 Å². The molecule has 2 rings (SSSR count). The molecule has 150 valence electrons. The van der Waals surface area contributed by atoms with Gasteiger partial charge in [-0.1, -0.05) is 47.0 Å².